The van der Waals surface area contributed by atoms with E-state index in [2.05, 4.69) is 72.9 Å². The number of benzene rings is 1. The first-order valence-corrected chi connectivity index (χ1v) is 10.1. The molecule has 1 aromatic heterocycles. The number of nitrogens with one attached hydrogen (secondary N) is 1. The number of aryl methyl sites for hydroxylation is 2. The van der Waals surface area contributed by atoms with Crippen LogP contribution in [-0.4, -0.2) is 79.0 Å². The molecule has 148 valence electrons. The maximum absolute atomic E-state index is 13.4. The molecule has 5 nitrogen and oxygen atoms in total. The summed E-state index contributed by atoms with van der Waals surface area (Å²) >= 11 is 0. The Morgan fingerprint density at radius 1 is 1.19 bits per heavy atom. The molecule has 0 unspecified atom stereocenters. The van der Waals surface area contributed by atoms with Gasteiger partial charge in [-0.05, 0) is 72.0 Å². The lowest BCUT2D eigenvalue weighted by atomic mass is 10.0. The lowest BCUT2D eigenvalue weighted by Gasteiger charge is -2.38. The quantitative estimate of drug-likeness (QED) is 0.850. The van der Waals surface area contributed by atoms with Gasteiger partial charge in [0.2, 0.25) is 5.91 Å². The molecule has 0 radical (unpaired) electrons. The average molecular weight is 371 g/mol. The molecule has 1 saturated heterocycles. The highest BCUT2D eigenvalue weighted by Crippen LogP contribution is 2.26. The monoisotopic (exact) mass is 370 g/mol. The number of carbonyl (C=O) groups is 1. The van der Waals surface area contributed by atoms with Crippen LogP contribution in [0.15, 0.2) is 18.2 Å². The molecule has 2 aromatic rings. The first kappa shape index (κ1) is 19.9. The molecule has 2 heterocycles. The van der Waals surface area contributed by atoms with E-state index in [1.807, 2.05) is 0 Å². The van der Waals surface area contributed by atoms with Crippen LogP contribution in [0.3, 0.4) is 0 Å². The fourth-order valence-electron chi connectivity index (χ4n) is 4.16. The molecule has 1 aliphatic rings. The molecule has 1 aliphatic heterocycles. The van der Waals surface area contributed by atoms with Gasteiger partial charge in [0.05, 0.1) is 6.42 Å². The second-order valence-corrected chi connectivity index (χ2v) is 8.33. The first-order chi connectivity index (χ1) is 12.9. The van der Waals surface area contributed by atoms with Crippen molar-refractivity contribution in [1.29, 1.82) is 0 Å². The molecule has 0 saturated carbocycles. The minimum Gasteiger partial charge on any atom is -0.358 e. The van der Waals surface area contributed by atoms with E-state index < -0.39 is 0 Å². The summed E-state index contributed by atoms with van der Waals surface area (Å²) in [7, 11) is 6.31. The Balaban J connectivity index is 1.81. The van der Waals surface area contributed by atoms with Crippen molar-refractivity contribution in [3.05, 3.63) is 35.0 Å². The number of piperidine rings is 1. The summed E-state index contributed by atoms with van der Waals surface area (Å²) in [5.74, 6) is 0.261. The standard InChI is InChI=1S/C22H34N4O/c1-16-7-6-8-19-20(17(2)23-22(16)19)15-21(27)26(14-13-24(3)4)18-9-11-25(5)12-10-18/h6-8,18,23H,9-15H2,1-5H3. The van der Waals surface area contributed by atoms with Crippen LogP contribution >= 0.6 is 0 Å². The van der Waals surface area contributed by atoms with Crippen molar-refractivity contribution in [2.24, 2.45) is 0 Å². The third kappa shape index (κ3) is 4.53. The zero-order valence-corrected chi connectivity index (χ0v) is 17.5. The molecule has 0 atom stereocenters. The van der Waals surface area contributed by atoms with Crippen LogP contribution in [0, 0.1) is 13.8 Å². The van der Waals surface area contributed by atoms with Crippen LogP contribution in [0.25, 0.3) is 10.9 Å². The van der Waals surface area contributed by atoms with Crippen molar-refractivity contribution in [1.82, 2.24) is 19.7 Å². The number of hydrogen-bond acceptors (Lipinski definition) is 3. The number of aromatic nitrogens is 1. The van der Waals surface area contributed by atoms with Gasteiger partial charge in [-0.25, -0.2) is 0 Å². The van der Waals surface area contributed by atoms with Gasteiger partial charge in [-0.2, -0.15) is 0 Å². The van der Waals surface area contributed by atoms with Crippen LogP contribution in [0.5, 0.6) is 0 Å². The predicted molar refractivity (Wildman–Crippen MR) is 112 cm³/mol. The van der Waals surface area contributed by atoms with E-state index in [1.54, 1.807) is 0 Å². The predicted octanol–water partition coefficient (Wildman–Crippen LogP) is 2.81. The number of rotatable bonds is 6. The van der Waals surface area contributed by atoms with E-state index in [-0.39, 0.29) is 5.91 Å². The summed E-state index contributed by atoms with van der Waals surface area (Å²) < 4.78 is 0. The first-order valence-electron chi connectivity index (χ1n) is 10.1. The van der Waals surface area contributed by atoms with Crippen molar-refractivity contribution >= 4 is 16.8 Å². The van der Waals surface area contributed by atoms with Crippen LogP contribution in [-0.2, 0) is 11.2 Å². The fraction of sp³-hybridized carbons (Fsp3) is 0.591. The number of para-hydroxylation sites is 1. The van der Waals surface area contributed by atoms with Gasteiger partial charge in [-0.3, -0.25) is 4.79 Å². The summed E-state index contributed by atoms with van der Waals surface area (Å²) in [6.45, 7) is 8.06. The van der Waals surface area contributed by atoms with Crippen LogP contribution in [0.4, 0.5) is 0 Å². The highest BCUT2D eigenvalue weighted by Gasteiger charge is 2.27. The Morgan fingerprint density at radius 3 is 2.56 bits per heavy atom. The van der Waals surface area contributed by atoms with Crippen molar-refractivity contribution in [2.45, 2.75) is 39.2 Å². The molecule has 1 N–H and O–H groups in total. The zero-order chi connectivity index (χ0) is 19.6. The Kier molecular flexibility index (Phi) is 6.22. The minimum absolute atomic E-state index is 0.261. The summed E-state index contributed by atoms with van der Waals surface area (Å²) in [6.07, 6.45) is 2.62. The van der Waals surface area contributed by atoms with Gasteiger partial charge in [-0.1, -0.05) is 18.2 Å². The molecule has 1 aromatic carbocycles. The SMILES string of the molecule is Cc1[nH]c2c(C)cccc2c1CC(=O)N(CCN(C)C)C1CCN(C)CC1. The van der Waals surface area contributed by atoms with Gasteiger partial charge in [0.15, 0.2) is 0 Å². The van der Waals surface area contributed by atoms with Gasteiger partial charge >= 0.3 is 0 Å². The third-order valence-electron chi connectivity index (χ3n) is 5.93. The van der Waals surface area contributed by atoms with Crippen LogP contribution in [0.2, 0.25) is 0 Å². The summed E-state index contributed by atoms with van der Waals surface area (Å²) in [5.41, 5.74) is 4.66. The lowest BCUT2D eigenvalue weighted by Crippen LogP contribution is -2.49. The fourth-order valence-corrected chi connectivity index (χ4v) is 4.16. The smallest absolute Gasteiger partial charge is 0.227 e. The number of H-pyrrole nitrogens is 1. The Morgan fingerprint density at radius 2 is 1.89 bits per heavy atom. The molecule has 0 bridgehead atoms. The molecule has 5 heteroatoms. The van der Waals surface area contributed by atoms with Crippen LogP contribution < -0.4 is 0 Å². The maximum Gasteiger partial charge on any atom is 0.227 e. The molecule has 1 amide bonds. The number of amides is 1. The van der Waals surface area contributed by atoms with E-state index in [9.17, 15) is 4.79 Å². The molecule has 0 spiro atoms. The summed E-state index contributed by atoms with van der Waals surface area (Å²) in [6, 6.07) is 6.69. The van der Waals surface area contributed by atoms with E-state index in [1.165, 1.54) is 10.9 Å². The van der Waals surface area contributed by atoms with Crippen LogP contribution in [0.1, 0.15) is 29.7 Å². The van der Waals surface area contributed by atoms with Crippen molar-refractivity contribution in [3.63, 3.8) is 0 Å². The molecule has 3 rings (SSSR count). The third-order valence-corrected chi connectivity index (χ3v) is 5.93. The number of likely N-dealkylation sites (N-methyl/N-ethyl adjacent to an activating group) is 1. The molecule has 0 aliphatic carbocycles. The molecule has 1 fully saturated rings. The topological polar surface area (TPSA) is 42.6 Å². The Bertz CT molecular complexity index is 787. The normalized spacial score (nSPS) is 16.4. The largest absolute Gasteiger partial charge is 0.358 e. The molecule has 27 heavy (non-hydrogen) atoms. The minimum atomic E-state index is 0.261. The maximum atomic E-state index is 13.4. The number of likely N-dealkylation sites (tertiary alicyclic amines) is 1. The van der Waals surface area contributed by atoms with E-state index >= 15 is 0 Å². The number of carbonyl (C=O) groups excluding carboxylic acids is 1. The molecular weight excluding hydrogens is 336 g/mol. The Hall–Kier alpha value is -1.85. The van der Waals surface area contributed by atoms with Gasteiger partial charge in [0, 0.05) is 35.7 Å². The number of hydrogen-bond donors (Lipinski definition) is 1. The summed E-state index contributed by atoms with van der Waals surface area (Å²) in [5, 5.41) is 1.19. The van der Waals surface area contributed by atoms with Gasteiger partial charge in [-0.15, -0.1) is 0 Å². The number of fused-ring (bicyclic) bond motifs is 1. The van der Waals surface area contributed by atoms with E-state index in [4.69, 9.17) is 0 Å². The lowest BCUT2D eigenvalue weighted by molar-refractivity contribution is -0.133. The molecular formula is C22H34N4O. The van der Waals surface area contributed by atoms with Crippen molar-refractivity contribution in [3.8, 4) is 0 Å². The second kappa shape index (κ2) is 8.44. The van der Waals surface area contributed by atoms with Gasteiger partial charge in [0.1, 0.15) is 0 Å². The van der Waals surface area contributed by atoms with Crippen molar-refractivity contribution in [2.75, 3.05) is 47.3 Å². The number of nitrogens with zero attached hydrogens (tertiary/aromatic N) is 3. The van der Waals surface area contributed by atoms with E-state index in [0.29, 0.717) is 12.5 Å². The second-order valence-electron chi connectivity index (χ2n) is 8.33. The zero-order valence-electron chi connectivity index (χ0n) is 17.5. The number of aromatic amines is 1. The highest BCUT2D eigenvalue weighted by atomic mass is 16.2. The highest BCUT2D eigenvalue weighted by molar-refractivity contribution is 5.91. The van der Waals surface area contributed by atoms with E-state index in [0.717, 1.165) is 55.8 Å². The Labute approximate surface area is 163 Å². The van der Waals surface area contributed by atoms with Gasteiger partial charge in [0.25, 0.3) is 0 Å². The summed E-state index contributed by atoms with van der Waals surface area (Å²) in [4.78, 5) is 23.5. The van der Waals surface area contributed by atoms with Gasteiger partial charge < -0.3 is 19.7 Å². The van der Waals surface area contributed by atoms with Crippen molar-refractivity contribution < 1.29 is 4.79 Å². The average Bonchev–Trinajstić information content (AvgIpc) is 2.94.